The summed E-state index contributed by atoms with van der Waals surface area (Å²) in [5, 5.41) is 4.68. The molecule has 2 nitrogen and oxygen atoms in total. The van der Waals surface area contributed by atoms with Crippen molar-refractivity contribution < 1.29 is 0 Å². The molecule has 1 heterocycles. The highest BCUT2D eigenvalue weighted by molar-refractivity contribution is 7.99. The van der Waals surface area contributed by atoms with Crippen LogP contribution in [0.25, 0.3) is 0 Å². The molecule has 4 unspecified atom stereocenters. The second-order valence-corrected chi connectivity index (χ2v) is 7.47. The van der Waals surface area contributed by atoms with Crippen LogP contribution in [0.5, 0.6) is 0 Å². The Morgan fingerprint density at radius 2 is 2.11 bits per heavy atom. The number of hydrogen-bond acceptors (Lipinski definition) is 3. The van der Waals surface area contributed by atoms with Gasteiger partial charge in [0.2, 0.25) is 0 Å². The minimum atomic E-state index is 0.738. The van der Waals surface area contributed by atoms with Gasteiger partial charge in [0.05, 0.1) is 0 Å². The molecule has 2 fully saturated rings. The molecule has 4 atom stereocenters. The maximum Gasteiger partial charge on any atom is 0.0221 e. The van der Waals surface area contributed by atoms with Gasteiger partial charge in [-0.2, -0.15) is 11.8 Å². The minimum absolute atomic E-state index is 0.738. The largest absolute Gasteiger partial charge is 0.311 e. The molecular weight excluding hydrogens is 252 g/mol. The number of hydrogen-bond donors (Lipinski definition) is 1. The van der Waals surface area contributed by atoms with Gasteiger partial charge in [-0.05, 0) is 38.4 Å². The lowest BCUT2D eigenvalue weighted by atomic mass is 9.90. The quantitative estimate of drug-likeness (QED) is 0.831. The van der Waals surface area contributed by atoms with Gasteiger partial charge in [0.1, 0.15) is 0 Å². The number of rotatable bonds is 5. The summed E-state index contributed by atoms with van der Waals surface area (Å²) in [5.41, 5.74) is 0. The van der Waals surface area contributed by atoms with Crippen molar-refractivity contribution in [2.24, 2.45) is 0 Å². The summed E-state index contributed by atoms with van der Waals surface area (Å²) < 4.78 is 0. The normalized spacial score (nSPS) is 37.4. The Hall–Kier alpha value is 0.270. The van der Waals surface area contributed by atoms with Crippen molar-refractivity contribution in [3.63, 3.8) is 0 Å². The van der Waals surface area contributed by atoms with Gasteiger partial charge in [0.25, 0.3) is 0 Å². The van der Waals surface area contributed by atoms with Crippen molar-refractivity contribution >= 4 is 11.8 Å². The summed E-state index contributed by atoms with van der Waals surface area (Å²) in [4.78, 5) is 2.87. The second kappa shape index (κ2) is 7.90. The zero-order valence-corrected chi connectivity index (χ0v) is 13.8. The van der Waals surface area contributed by atoms with E-state index in [2.05, 4.69) is 42.1 Å². The first-order chi connectivity index (χ1) is 9.28. The third-order valence-corrected chi connectivity index (χ3v) is 6.15. The molecule has 19 heavy (non-hydrogen) atoms. The lowest BCUT2D eigenvalue weighted by Crippen LogP contribution is -2.60. The molecule has 0 aromatic rings. The summed E-state index contributed by atoms with van der Waals surface area (Å²) in [7, 11) is 0. The van der Waals surface area contributed by atoms with Crippen molar-refractivity contribution in [3.8, 4) is 0 Å². The van der Waals surface area contributed by atoms with E-state index in [0.29, 0.717) is 0 Å². The van der Waals surface area contributed by atoms with Crippen molar-refractivity contribution in [2.75, 3.05) is 19.3 Å². The third-order valence-electron chi connectivity index (χ3n) is 5.05. The molecule has 1 saturated heterocycles. The standard InChI is InChI=1S/C16H32N2S/c1-4-7-13-12-18(14(5-2)11-17-13)15-8-6-9-16(10-15)19-3/h13-17H,4-12H2,1-3H3. The highest BCUT2D eigenvalue weighted by atomic mass is 32.2. The van der Waals surface area contributed by atoms with Crippen LogP contribution in [-0.2, 0) is 0 Å². The van der Waals surface area contributed by atoms with Gasteiger partial charge in [-0.25, -0.2) is 0 Å². The number of piperazine rings is 1. The lowest BCUT2D eigenvalue weighted by Gasteiger charge is -2.47. The first-order valence-electron chi connectivity index (χ1n) is 8.30. The number of nitrogens with zero attached hydrogens (tertiary/aromatic N) is 1. The monoisotopic (exact) mass is 284 g/mol. The maximum atomic E-state index is 3.77. The van der Waals surface area contributed by atoms with Crippen LogP contribution in [0.3, 0.4) is 0 Å². The van der Waals surface area contributed by atoms with Gasteiger partial charge in [-0.15, -0.1) is 0 Å². The molecule has 1 aliphatic carbocycles. The number of nitrogens with one attached hydrogen (secondary N) is 1. The van der Waals surface area contributed by atoms with Gasteiger partial charge < -0.3 is 5.32 Å². The SMILES string of the molecule is CCCC1CN(C2CCCC(SC)C2)C(CC)CN1. The summed E-state index contributed by atoms with van der Waals surface area (Å²) in [6, 6.07) is 2.37. The van der Waals surface area contributed by atoms with Crippen LogP contribution in [0.2, 0.25) is 0 Å². The Labute approximate surface area is 124 Å². The Balaban J connectivity index is 1.96. The van der Waals surface area contributed by atoms with Crippen molar-refractivity contribution in [1.29, 1.82) is 0 Å². The van der Waals surface area contributed by atoms with Crippen LogP contribution in [0.15, 0.2) is 0 Å². The van der Waals surface area contributed by atoms with Gasteiger partial charge >= 0.3 is 0 Å². The van der Waals surface area contributed by atoms with Crippen LogP contribution in [-0.4, -0.2) is 47.6 Å². The second-order valence-electron chi connectivity index (χ2n) is 6.33. The van der Waals surface area contributed by atoms with E-state index in [1.807, 2.05) is 0 Å². The average Bonchev–Trinajstić information content (AvgIpc) is 2.47. The first-order valence-corrected chi connectivity index (χ1v) is 9.59. The molecule has 1 saturated carbocycles. The molecule has 0 radical (unpaired) electrons. The Morgan fingerprint density at radius 1 is 1.26 bits per heavy atom. The maximum absolute atomic E-state index is 3.77. The Morgan fingerprint density at radius 3 is 2.79 bits per heavy atom. The fourth-order valence-corrected chi connectivity index (χ4v) is 4.71. The van der Waals surface area contributed by atoms with Crippen molar-refractivity contribution in [1.82, 2.24) is 10.2 Å². The molecule has 2 aliphatic rings. The molecule has 0 aromatic heterocycles. The molecule has 0 amide bonds. The van der Waals surface area contributed by atoms with E-state index < -0.39 is 0 Å². The van der Waals surface area contributed by atoms with Gasteiger partial charge in [0, 0.05) is 36.5 Å². The van der Waals surface area contributed by atoms with Crippen LogP contribution < -0.4 is 5.32 Å². The summed E-state index contributed by atoms with van der Waals surface area (Å²) >= 11 is 2.09. The predicted octanol–water partition coefficient (Wildman–Crippen LogP) is 3.51. The molecule has 2 rings (SSSR count). The summed E-state index contributed by atoms with van der Waals surface area (Å²) in [5.74, 6) is 0. The van der Waals surface area contributed by atoms with E-state index >= 15 is 0 Å². The molecule has 1 aliphatic heterocycles. The fourth-order valence-electron chi connectivity index (χ4n) is 3.89. The number of thioether (sulfide) groups is 1. The van der Waals surface area contributed by atoms with Crippen LogP contribution >= 0.6 is 11.8 Å². The Bertz CT molecular complexity index is 259. The summed E-state index contributed by atoms with van der Waals surface area (Å²) in [6.07, 6.45) is 12.0. The smallest absolute Gasteiger partial charge is 0.0221 e. The van der Waals surface area contributed by atoms with E-state index in [1.165, 1.54) is 58.0 Å². The van der Waals surface area contributed by atoms with Crippen molar-refractivity contribution in [3.05, 3.63) is 0 Å². The third kappa shape index (κ3) is 4.12. The molecule has 112 valence electrons. The van der Waals surface area contributed by atoms with Crippen LogP contribution in [0.4, 0.5) is 0 Å². The zero-order valence-electron chi connectivity index (χ0n) is 13.0. The highest BCUT2D eigenvalue weighted by Crippen LogP contribution is 2.32. The molecule has 1 N–H and O–H groups in total. The van der Waals surface area contributed by atoms with Crippen LogP contribution in [0.1, 0.15) is 58.8 Å². The van der Waals surface area contributed by atoms with E-state index in [1.54, 1.807) is 0 Å². The predicted molar refractivity (Wildman–Crippen MR) is 87.0 cm³/mol. The molecule has 0 bridgehead atoms. The van der Waals surface area contributed by atoms with Crippen molar-refractivity contribution in [2.45, 2.75) is 82.2 Å². The highest BCUT2D eigenvalue weighted by Gasteiger charge is 2.34. The van der Waals surface area contributed by atoms with Gasteiger partial charge in [-0.3, -0.25) is 4.90 Å². The topological polar surface area (TPSA) is 15.3 Å². The fraction of sp³-hybridized carbons (Fsp3) is 1.00. The van der Waals surface area contributed by atoms with E-state index in [4.69, 9.17) is 0 Å². The zero-order chi connectivity index (χ0) is 13.7. The minimum Gasteiger partial charge on any atom is -0.311 e. The Kier molecular flexibility index (Phi) is 6.51. The molecule has 0 aromatic carbocycles. The van der Waals surface area contributed by atoms with E-state index in [-0.39, 0.29) is 0 Å². The molecule has 0 spiro atoms. The lowest BCUT2D eigenvalue weighted by molar-refractivity contribution is 0.0589. The van der Waals surface area contributed by atoms with E-state index in [0.717, 1.165) is 23.4 Å². The first kappa shape index (κ1) is 15.7. The van der Waals surface area contributed by atoms with Crippen LogP contribution in [0, 0.1) is 0 Å². The molecule has 3 heteroatoms. The molecular formula is C16H32N2S. The summed E-state index contributed by atoms with van der Waals surface area (Å²) in [6.45, 7) is 7.16. The van der Waals surface area contributed by atoms with Gasteiger partial charge in [0.15, 0.2) is 0 Å². The average molecular weight is 285 g/mol. The van der Waals surface area contributed by atoms with Gasteiger partial charge in [-0.1, -0.05) is 26.7 Å². The van der Waals surface area contributed by atoms with E-state index in [9.17, 15) is 0 Å².